The molecule has 4 rings (SSSR count). The van der Waals surface area contributed by atoms with Crippen molar-refractivity contribution in [3.05, 3.63) is 59.0 Å². The first kappa shape index (κ1) is 36.7. The van der Waals surface area contributed by atoms with Crippen LogP contribution < -0.4 is 15.0 Å². The Hall–Kier alpha value is -3.09. The highest BCUT2D eigenvalue weighted by Gasteiger charge is 2.64. The highest BCUT2D eigenvalue weighted by Crippen LogP contribution is 2.49. The molecule has 3 aliphatic rings. The van der Waals surface area contributed by atoms with Gasteiger partial charge in [-0.2, -0.15) is 0 Å². The Morgan fingerprint density at radius 3 is 2.68 bits per heavy atom. The van der Waals surface area contributed by atoms with Crippen LogP contribution in [0.25, 0.3) is 0 Å². The second-order valence-electron chi connectivity index (χ2n) is 13.1. The van der Waals surface area contributed by atoms with Crippen LogP contribution in [0.3, 0.4) is 0 Å². The summed E-state index contributed by atoms with van der Waals surface area (Å²) < 4.78 is 29.8. The third kappa shape index (κ3) is 7.81. The first-order valence-corrected chi connectivity index (χ1v) is 16.4. The van der Waals surface area contributed by atoms with Gasteiger partial charge >= 0.3 is 5.97 Å². The number of allylic oxidation sites excluding steroid dienone is 3. The molecule has 8 atom stereocenters. The molecule has 1 aromatic rings. The van der Waals surface area contributed by atoms with Crippen molar-refractivity contribution in [2.24, 2.45) is 5.92 Å². The fourth-order valence-corrected chi connectivity index (χ4v) is 6.72. The minimum atomic E-state index is -1.53. The van der Waals surface area contributed by atoms with Crippen molar-refractivity contribution in [3.63, 3.8) is 0 Å². The standard InChI is InChI=1S/C35H50ClN3O8/c1-11-38(7)22(4)33(41)46-29-18-30(40)39(8)25-16-24(17-26(43-9)31(25)36)15-20(2)13-12-14-28(44-10)35(42)19-27(45-23(5)37-35)21(3)32-34(29,6)47-32/h12-14,16-17,21-22,27-29,32,37,42H,5,11,15,18-19H2,1-4,6-10H3/b14-12+,20-13+/t21-,22+,27+,28-,29+,32+,34+,35+/m1/s1. The van der Waals surface area contributed by atoms with Crippen LogP contribution in [0.1, 0.15) is 53.0 Å². The van der Waals surface area contributed by atoms with Gasteiger partial charge in [0.25, 0.3) is 0 Å². The number of benzene rings is 1. The number of anilines is 1. The molecule has 0 unspecified atom stereocenters. The summed E-state index contributed by atoms with van der Waals surface area (Å²) in [7, 11) is 6.53. The normalized spacial score (nSPS) is 33.9. The van der Waals surface area contributed by atoms with Crippen LogP contribution in [-0.4, -0.2) is 98.5 Å². The third-order valence-electron chi connectivity index (χ3n) is 9.78. The Balaban J connectivity index is 1.79. The van der Waals surface area contributed by atoms with Gasteiger partial charge in [-0.25, -0.2) is 0 Å². The maximum atomic E-state index is 14.0. The molecule has 2 saturated heterocycles. The van der Waals surface area contributed by atoms with E-state index < -0.39 is 47.8 Å². The molecule has 0 saturated carbocycles. The van der Waals surface area contributed by atoms with E-state index in [0.717, 1.165) is 11.1 Å². The Morgan fingerprint density at radius 2 is 2.04 bits per heavy atom. The van der Waals surface area contributed by atoms with Crippen LogP contribution in [0.5, 0.6) is 5.75 Å². The fourth-order valence-electron chi connectivity index (χ4n) is 6.41. The lowest BCUT2D eigenvalue weighted by Crippen LogP contribution is -2.60. The number of esters is 1. The number of aliphatic hydroxyl groups is 1. The highest BCUT2D eigenvalue weighted by molar-refractivity contribution is 6.35. The first-order chi connectivity index (χ1) is 22.1. The number of carbonyl (C=O) groups is 2. The SMILES string of the molecule is C=C1N[C@]2(O)C[C@H](O1)[C@@H](C)[C@@H]1O[C@@]1(C)[C@@H](OC(=O)[C@H](C)N(C)CC)CC(=O)N(C)c1cc(cc(OC)c1Cl)C/C(C)=C/C=C/[C@H]2OC. The molecule has 2 fully saturated rings. The van der Waals surface area contributed by atoms with E-state index >= 15 is 0 Å². The lowest BCUT2D eigenvalue weighted by Gasteiger charge is -2.44. The van der Waals surface area contributed by atoms with Crippen LogP contribution in [-0.2, 0) is 35.0 Å². The molecule has 3 heterocycles. The number of halogens is 1. The number of methoxy groups -OCH3 is 2. The number of likely N-dealkylation sites (N-methyl/N-ethyl adjacent to an activating group) is 1. The van der Waals surface area contributed by atoms with Crippen molar-refractivity contribution in [2.45, 2.75) is 95.7 Å². The van der Waals surface area contributed by atoms with Gasteiger partial charge in [-0.3, -0.25) is 14.5 Å². The molecule has 1 aromatic carbocycles. The summed E-state index contributed by atoms with van der Waals surface area (Å²) in [5.41, 5.74) is -0.198. The molecule has 47 heavy (non-hydrogen) atoms. The van der Waals surface area contributed by atoms with Crippen LogP contribution in [0, 0.1) is 5.92 Å². The Bertz CT molecular complexity index is 1420. The number of hydrogen-bond donors (Lipinski definition) is 2. The van der Waals surface area contributed by atoms with E-state index in [1.807, 2.05) is 63.9 Å². The van der Waals surface area contributed by atoms with Crippen molar-refractivity contribution in [1.29, 1.82) is 0 Å². The molecule has 1 amide bonds. The quantitative estimate of drug-likeness (QED) is 0.332. The molecular formula is C35H50ClN3O8. The highest BCUT2D eigenvalue weighted by atomic mass is 35.5. The summed E-state index contributed by atoms with van der Waals surface area (Å²) in [5.74, 6) is -0.445. The molecule has 12 heteroatoms. The van der Waals surface area contributed by atoms with Crippen LogP contribution in [0.4, 0.5) is 5.69 Å². The maximum absolute atomic E-state index is 14.0. The monoisotopic (exact) mass is 675 g/mol. The van der Waals surface area contributed by atoms with Crippen molar-refractivity contribution in [3.8, 4) is 5.75 Å². The third-order valence-corrected chi connectivity index (χ3v) is 10.2. The molecule has 0 radical (unpaired) electrons. The van der Waals surface area contributed by atoms with Gasteiger partial charge in [0.15, 0.2) is 11.6 Å². The van der Waals surface area contributed by atoms with E-state index in [4.69, 9.17) is 35.3 Å². The van der Waals surface area contributed by atoms with Crippen LogP contribution >= 0.6 is 11.6 Å². The molecule has 0 spiro atoms. The number of nitrogens with one attached hydrogen (secondary N) is 1. The molecule has 11 nitrogen and oxygen atoms in total. The second kappa shape index (κ2) is 14.6. The Kier molecular flexibility index (Phi) is 11.4. The Morgan fingerprint density at radius 1 is 1.34 bits per heavy atom. The zero-order valence-electron chi connectivity index (χ0n) is 29.0. The number of fused-ring (bicyclic) bond motifs is 5. The molecule has 4 bridgehead atoms. The summed E-state index contributed by atoms with van der Waals surface area (Å²) in [6, 6.07) is 3.15. The van der Waals surface area contributed by atoms with Gasteiger partial charge in [-0.15, -0.1) is 0 Å². The van der Waals surface area contributed by atoms with Crippen molar-refractivity contribution >= 4 is 29.2 Å². The Labute approximate surface area is 283 Å². The molecule has 2 N–H and O–H groups in total. The van der Waals surface area contributed by atoms with Gasteiger partial charge in [-0.05, 0) is 65.1 Å². The predicted molar refractivity (Wildman–Crippen MR) is 180 cm³/mol. The number of epoxide rings is 1. The number of rotatable bonds is 6. The summed E-state index contributed by atoms with van der Waals surface area (Å²) in [6.45, 7) is 14.1. The van der Waals surface area contributed by atoms with E-state index in [-0.39, 0.29) is 30.5 Å². The summed E-state index contributed by atoms with van der Waals surface area (Å²) in [5, 5.41) is 15.1. The lowest BCUT2D eigenvalue weighted by molar-refractivity contribution is -0.159. The van der Waals surface area contributed by atoms with Crippen molar-refractivity contribution in [2.75, 3.05) is 39.8 Å². The molecular weight excluding hydrogens is 626 g/mol. The zero-order chi connectivity index (χ0) is 34.8. The van der Waals surface area contributed by atoms with Crippen LogP contribution in [0.15, 0.2) is 48.4 Å². The number of amides is 1. The van der Waals surface area contributed by atoms with Gasteiger partial charge in [0.2, 0.25) is 5.91 Å². The number of ether oxygens (including phenoxy) is 5. The number of nitrogens with zero attached hydrogens (tertiary/aromatic N) is 2. The smallest absolute Gasteiger partial charge is 0.323 e. The minimum Gasteiger partial charge on any atom is -0.495 e. The van der Waals surface area contributed by atoms with E-state index in [1.165, 1.54) is 19.1 Å². The summed E-state index contributed by atoms with van der Waals surface area (Å²) >= 11 is 6.75. The van der Waals surface area contributed by atoms with E-state index in [1.54, 1.807) is 20.0 Å². The predicted octanol–water partition coefficient (Wildman–Crippen LogP) is 4.36. The van der Waals surface area contributed by atoms with Crippen molar-refractivity contribution < 1.29 is 38.4 Å². The van der Waals surface area contributed by atoms with Crippen molar-refractivity contribution in [1.82, 2.24) is 10.2 Å². The van der Waals surface area contributed by atoms with E-state index in [9.17, 15) is 14.7 Å². The van der Waals surface area contributed by atoms with Gasteiger partial charge in [0.1, 0.15) is 40.7 Å². The molecule has 260 valence electrons. The van der Waals surface area contributed by atoms with Gasteiger partial charge in [0, 0.05) is 26.5 Å². The zero-order valence-corrected chi connectivity index (χ0v) is 29.7. The van der Waals surface area contributed by atoms with Gasteiger partial charge in [-0.1, -0.05) is 49.2 Å². The summed E-state index contributed by atoms with van der Waals surface area (Å²) in [6.07, 6.45) is 3.43. The van der Waals surface area contributed by atoms with Crippen LogP contribution in [0.2, 0.25) is 5.02 Å². The molecule has 3 aliphatic heterocycles. The second-order valence-corrected chi connectivity index (χ2v) is 13.5. The average molecular weight is 676 g/mol. The summed E-state index contributed by atoms with van der Waals surface area (Å²) in [4.78, 5) is 30.7. The molecule has 0 aliphatic carbocycles. The average Bonchev–Trinajstić information content (AvgIpc) is 3.73. The van der Waals surface area contributed by atoms with E-state index in [0.29, 0.717) is 29.4 Å². The fraction of sp³-hybridized carbons (Fsp3) is 0.600. The number of hydrogen-bond acceptors (Lipinski definition) is 10. The first-order valence-electron chi connectivity index (χ1n) is 16.0. The largest absolute Gasteiger partial charge is 0.495 e. The minimum absolute atomic E-state index is 0.156. The molecule has 0 aromatic heterocycles. The van der Waals surface area contributed by atoms with Gasteiger partial charge < -0.3 is 39.0 Å². The topological polar surface area (TPSA) is 122 Å². The van der Waals surface area contributed by atoms with E-state index in [2.05, 4.69) is 11.9 Å². The van der Waals surface area contributed by atoms with Gasteiger partial charge in [0.05, 0.1) is 25.3 Å². The number of carbonyl (C=O) groups excluding carboxylic acids is 2. The lowest BCUT2D eigenvalue weighted by atomic mass is 9.83. The maximum Gasteiger partial charge on any atom is 0.323 e.